The molecule has 0 bridgehead atoms. The number of carboxylic acids is 1. The molecule has 3 rings (SSSR count). The molecule has 136 valence electrons. The van der Waals surface area contributed by atoms with Gasteiger partial charge in [0.05, 0.1) is 5.36 Å². The number of aromatic nitrogens is 2. The molecular weight excluding hydrogens is 332 g/mol. The molecule has 0 saturated carbocycles. The van der Waals surface area contributed by atoms with E-state index in [1.54, 1.807) is 0 Å². The minimum atomic E-state index is -0.997. The van der Waals surface area contributed by atoms with Gasteiger partial charge in [-0.1, -0.05) is 0 Å². The number of hydrogen-bond donors (Lipinski definition) is 2. The Morgan fingerprint density at radius 2 is 2.19 bits per heavy atom. The van der Waals surface area contributed by atoms with Crippen LogP contribution in [0, 0.1) is 6.92 Å². The van der Waals surface area contributed by atoms with E-state index < -0.39 is 12.0 Å². The van der Waals surface area contributed by atoms with Crippen molar-refractivity contribution in [3.05, 3.63) is 47.6 Å². The van der Waals surface area contributed by atoms with Crippen LogP contribution in [-0.2, 0) is 22.7 Å². The summed E-state index contributed by atoms with van der Waals surface area (Å²) in [5, 5.41) is 9.44. The van der Waals surface area contributed by atoms with Gasteiger partial charge in [-0.2, -0.15) is 4.57 Å². The Hall–Kier alpha value is -2.80. The largest absolute Gasteiger partial charge is 0.477 e. The first-order valence-electron chi connectivity index (χ1n) is 8.78. The van der Waals surface area contributed by atoms with Gasteiger partial charge in [-0.25, -0.2) is 9.79 Å². The quantitative estimate of drug-likeness (QED) is 0.757. The molecule has 2 aromatic rings. The molecule has 0 fully saturated rings. The Bertz CT molecular complexity index is 917. The molecule has 0 radical (unpaired) electrons. The second-order valence-electron chi connectivity index (χ2n) is 6.68. The third-order valence-electron chi connectivity index (χ3n) is 4.58. The number of hydrogen-bond acceptors (Lipinski definition) is 2. The van der Waals surface area contributed by atoms with E-state index >= 15 is 0 Å². The molecule has 0 spiro atoms. The third kappa shape index (κ3) is 4.05. The van der Waals surface area contributed by atoms with Gasteiger partial charge in [0.25, 0.3) is 0 Å². The minimum Gasteiger partial charge on any atom is -0.477 e. The van der Waals surface area contributed by atoms with Crippen LogP contribution in [0.5, 0.6) is 0 Å². The highest BCUT2D eigenvalue weighted by Gasteiger charge is 2.20. The zero-order valence-electron chi connectivity index (χ0n) is 14.9. The van der Waals surface area contributed by atoms with Crippen molar-refractivity contribution in [1.82, 2.24) is 4.57 Å². The summed E-state index contributed by atoms with van der Waals surface area (Å²) in [5.41, 5.74) is 6.83. The van der Waals surface area contributed by atoms with E-state index in [2.05, 4.69) is 45.1 Å². The number of carbonyl (C=O) groups excluding carboxylic acids is 1. The average Bonchev–Trinajstić information content (AvgIpc) is 2.78. The molecule has 1 amide bonds. The first-order chi connectivity index (χ1) is 12.4. The first-order valence-corrected chi connectivity index (χ1v) is 8.78. The van der Waals surface area contributed by atoms with E-state index in [-0.39, 0.29) is 18.7 Å². The summed E-state index contributed by atoms with van der Waals surface area (Å²) in [6.45, 7) is 3.92. The Morgan fingerprint density at radius 3 is 2.96 bits per heavy atom. The van der Waals surface area contributed by atoms with Crippen molar-refractivity contribution >= 4 is 11.9 Å². The molecule has 2 aromatic heterocycles. The monoisotopic (exact) mass is 356 g/mol. The maximum absolute atomic E-state index is 12.1. The molecule has 1 aliphatic rings. The first kappa shape index (κ1) is 18.0. The fraction of sp³-hybridized carbons (Fsp3) is 0.368. The number of aliphatic carboxylic acids is 1. The number of nitrogens with zero attached hydrogens (tertiary/aromatic N) is 3. The highest BCUT2D eigenvalue weighted by atomic mass is 16.4. The van der Waals surface area contributed by atoms with Crippen LogP contribution in [0.15, 0.2) is 41.7 Å². The zero-order chi connectivity index (χ0) is 18.7. The number of pyridine rings is 2. The molecule has 1 aliphatic heterocycles. The standard InChI is InChI=1S/C19H22N4O3/c1-13-5-9-22-7-2-8-23-10-6-14(12-17(23)16(22)11-13)21-18(24)4-3-15(20)19(25)26/h5-6,9-12,15H,2-4,7-8,20H2,1H3/p+2/t15-/m0/s1. The van der Waals surface area contributed by atoms with Crippen LogP contribution >= 0.6 is 0 Å². The van der Waals surface area contributed by atoms with E-state index in [9.17, 15) is 9.59 Å². The summed E-state index contributed by atoms with van der Waals surface area (Å²) in [7, 11) is 0. The van der Waals surface area contributed by atoms with E-state index in [0.29, 0.717) is 5.36 Å². The van der Waals surface area contributed by atoms with Gasteiger partial charge in [0.1, 0.15) is 5.69 Å². The van der Waals surface area contributed by atoms with Crippen LogP contribution in [0.1, 0.15) is 24.8 Å². The summed E-state index contributed by atoms with van der Waals surface area (Å²) in [6, 6.07) is 7.19. The SMILES string of the molecule is Cc1cc[n+]2c(c1)-c1cc(=NC(=O)CC[C@H]([NH3+])C(=O)O)ccn1CCC2. The van der Waals surface area contributed by atoms with E-state index in [1.165, 1.54) is 5.56 Å². The van der Waals surface area contributed by atoms with Crippen LogP contribution < -0.4 is 15.7 Å². The van der Waals surface area contributed by atoms with Crippen molar-refractivity contribution in [1.29, 1.82) is 0 Å². The highest BCUT2D eigenvalue weighted by Crippen LogP contribution is 2.18. The molecule has 4 N–H and O–H groups in total. The summed E-state index contributed by atoms with van der Waals surface area (Å²) >= 11 is 0. The molecule has 0 saturated heterocycles. The third-order valence-corrected chi connectivity index (χ3v) is 4.58. The van der Waals surface area contributed by atoms with Gasteiger partial charge in [-0.15, -0.1) is 0 Å². The van der Waals surface area contributed by atoms with Crippen molar-refractivity contribution in [2.24, 2.45) is 4.99 Å². The Kier molecular flexibility index (Phi) is 5.27. The summed E-state index contributed by atoms with van der Waals surface area (Å²) < 4.78 is 4.40. The lowest BCUT2D eigenvalue weighted by atomic mass is 10.1. The number of fused-ring (bicyclic) bond motifs is 3. The molecular formula is C19H24N4O3+2. The predicted octanol–water partition coefficient (Wildman–Crippen LogP) is 0.0573. The smallest absolute Gasteiger partial charge is 0.362 e. The van der Waals surface area contributed by atoms with Crippen LogP contribution in [-0.4, -0.2) is 27.6 Å². The Balaban J connectivity index is 1.91. The van der Waals surface area contributed by atoms with Crippen LogP contribution in [0.2, 0.25) is 0 Å². The molecule has 0 aliphatic carbocycles. The fourth-order valence-electron chi connectivity index (χ4n) is 3.09. The molecule has 1 atom stereocenters. The zero-order valence-corrected chi connectivity index (χ0v) is 14.9. The normalized spacial score (nSPS) is 14.9. The summed E-state index contributed by atoms with van der Waals surface area (Å²) in [4.78, 5) is 27.0. The van der Waals surface area contributed by atoms with Crippen molar-refractivity contribution in [2.75, 3.05) is 0 Å². The van der Waals surface area contributed by atoms with Crippen molar-refractivity contribution in [3.8, 4) is 11.4 Å². The number of rotatable bonds is 4. The topological polar surface area (TPSA) is 103 Å². The molecule has 0 unspecified atom stereocenters. The molecule has 0 aromatic carbocycles. The maximum atomic E-state index is 12.1. The number of carbonyl (C=O) groups is 2. The molecule has 26 heavy (non-hydrogen) atoms. The van der Waals surface area contributed by atoms with Gasteiger partial charge in [0, 0.05) is 44.1 Å². The second-order valence-corrected chi connectivity index (χ2v) is 6.68. The minimum absolute atomic E-state index is 0.0785. The number of aryl methyl sites for hydroxylation is 3. The number of quaternary nitrogens is 1. The second kappa shape index (κ2) is 7.61. The van der Waals surface area contributed by atoms with Gasteiger partial charge in [0.2, 0.25) is 11.6 Å². The lowest BCUT2D eigenvalue weighted by molar-refractivity contribution is -0.686. The molecule has 7 nitrogen and oxygen atoms in total. The van der Waals surface area contributed by atoms with Gasteiger partial charge in [-0.05, 0) is 24.6 Å². The van der Waals surface area contributed by atoms with Crippen LogP contribution in [0.3, 0.4) is 0 Å². The van der Waals surface area contributed by atoms with E-state index in [4.69, 9.17) is 5.11 Å². The average molecular weight is 356 g/mol. The van der Waals surface area contributed by atoms with Crippen molar-refractivity contribution in [3.63, 3.8) is 0 Å². The Morgan fingerprint density at radius 1 is 1.38 bits per heavy atom. The van der Waals surface area contributed by atoms with Gasteiger partial charge in [0.15, 0.2) is 18.8 Å². The van der Waals surface area contributed by atoms with Crippen molar-refractivity contribution in [2.45, 2.75) is 45.3 Å². The van der Waals surface area contributed by atoms with Gasteiger partial charge < -0.3 is 15.4 Å². The number of carboxylic acid groups (broad SMARTS) is 1. The lowest BCUT2D eigenvalue weighted by Gasteiger charge is -2.08. The van der Waals surface area contributed by atoms with E-state index in [0.717, 1.165) is 30.9 Å². The molecule has 7 heteroatoms. The molecule has 3 heterocycles. The summed E-state index contributed by atoms with van der Waals surface area (Å²) in [6.07, 6.45) is 5.36. The lowest BCUT2D eigenvalue weighted by Crippen LogP contribution is -2.64. The summed E-state index contributed by atoms with van der Waals surface area (Å²) in [5.74, 6) is -1.32. The van der Waals surface area contributed by atoms with Gasteiger partial charge in [-0.3, -0.25) is 4.79 Å². The maximum Gasteiger partial charge on any atom is 0.362 e. The van der Waals surface area contributed by atoms with Gasteiger partial charge >= 0.3 is 5.97 Å². The van der Waals surface area contributed by atoms with Crippen LogP contribution in [0.4, 0.5) is 0 Å². The highest BCUT2D eigenvalue weighted by molar-refractivity contribution is 5.78. The predicted molar refractivity (Wildman–Crippen MR) is 93.5 cm³/mol. The van der Waals surface area contributed by atoms with E-state index in [1.807, 2.05) is 18.3 Å². The Labute approximate surface area is 151 Å². The fourth-order valence-corrected chi connectivity index (χ4v) is 3.09. The van der Waals surface area contributed by atoms with Crippen LogP contribution in [0.25, 0.3) is 11.4 Å². The van der Waals surface area contributed by atoms with Crippen molar-refractivity contribution < 1.29 is 25.0 Å². The number of amides is 1.